The predicted octanol–water partition coefficient (Wildman–Crippen LogP) is 1.49. The number of carboxylic acid groups (broad SMARTS) is 1. The lowest BCUT2D eigenvalue weighted by atomic mass is 10.5. The van der Waals surface area contributed by atoms with E-state index in [1.807, 2.05) is 13.8 Å². The van der Waals surface area contributed by atoms with Gasteiger partial charge in [0.25, 0.3) is 5.97 Å². The number of carboxylic acids is 1. The molecule has 1 aromatic rings. The first-order chi connectivity index (χ1) is 6.13. The Morgan fingerprint density at radius 3 is 1.77 bits per heavy atom. The molecule has 0 atom stereocenters. The molecule has 0 radical (unpaired) electrons. The van der Waals surface area contributed by atoms with Crippen molar-refractivity contribution in [2.45, 2.75) is 20.8 Å². The molecule has 0 bridgehead atoms. The fourth-order valence-corrected chi connectivity index (χ4v) is 0.372. The van der Waals surface area contributed by atoms with Gasteiger partial charge >= 0.3 is 0 Å². The zero-order valence-electron chi connectivity index (χ0n) is 8.07. The fourth-order valence-electron chi connectivity index (χ4n) is 0.372. The van der Waals surface area contributed by atoms with Crippen molar-refractivity contribution in [3.8, 4) is 0 Å². The molecule has 2 N–H and O–H groups in total. The van der Waals surface area contributed by atoms with Gasteiger partial charge in [-0.2, -0.15) is 0 Å². The monoisotopic (exact) mass is 185 g/mol. The summed E-state index contributed by atoms with van der Waals surface area (Å²) in [6, 6.07) is 2.94. The van der Waals surface area contributed by atoms with Crippen LogP contribution in [0.15, 0.2) is 29.3 Å². The molecule has 0 amide bonds. The van der Waals surface area contributed by atoms with Gasteiger partial charge in [-0.15, -0.1) is 0 Å². The summed E-state index contributed by atoms with van der Waals surface area (Å²) in [5, 5.41) is 7.42. The van der Waals surface area contributed by atoms with Crippen LogP contribution < -0.4 is 5.43 Å². The molecule has 0 unspecified atom stereocenters. The highest BCUT2D eigenvalue weighted by molar-refractivity contribution is 5.62. The average Bonchev–Trinajstić information content (AvgIpc) is 2.08. The SMILES string of the molecule is CC.CC(=O)O.O=c1cc[nH]cc1. The van der Waals surface area contributed by atoms with E-state index in [1.54, 1.807) is 12.4 Å². The molecule has 4 nitrogen and oxygen atoms in total. The fraction of sp³-hybridized carbons (Fsp3) is 0.333. The van der Waals surface area contributed by atoms with E-state index in [9.17, 15) is 4.79 Å². The molecule has 1 aromatic heterocycles. The van der Waals surface area contributed by atoms with Crippen molar-refractivity contribution in [3.05, 3.63) is 34.7 Å². The Hall–Kier alpha value is -1.58. The number of nitrogens with one attached hydrogen (secondary N) is 1. The molecule has 0 aliphatic rings. The van der Waals surface area contributed by atoms with Crippen molar-refractivity contribution in [2.24, 2.45) is 0 Å². The topological polar surface area (TPSA) is 70.2 Å². The van der Waals surface area contributed by atoms with E-state index in [-0.39, 0.29) is 5.43 Å². The Balaban J connectivity index is 0. The number of aromatic nitrogens is 1. The van der Waals surface area contributed by atoms with Crippen LogP contribution in [0.2, 0.25) is 0 Å². The van der Waals surface area contributed by atoms with E-state index < -0.39 is 5.97 Å². The average molecular weight is 185 g/mol. The summed E-state index contributed by atoms with van der Waals surface area (Å²) in [6.07, 6.45) is 3.20. The maximum absolute atomic E-state index is 10.2. The first-order valence-electron chi connectivity index (χ1n) is 3.95. The molecule has 0 aliphatic carbocycles. The molecule has 0 spiro atoms. The summed E-state index contributed by atoms with van der Waals surface area (Å²) in [4.78, 5) is 22.0. The number of hydrogen-bond acceptors (Lipinski definition) is 2. The smallest absolute Gasteiger partial charge is 0.300 e. The van der Waals surface area contributed by atoms with Gasteiger partial charge in [-0.05, 0) is 0 Å². The Labute approximate surface area is 77.2 Å². The third kappa shape index (κ3) is 17.9. The minimum atomic E-state index is -0.833. The van der Waals surface area contributed by atoms with Crippen LogP contribution in [-0.2, 0) is 4.79 Å². The zero-order valence-corrected chi connectivity index (χ0v) is 8.07. The van der Waals surface area contributed by atoms with E-state index in [0.717, 1.165) is 6.92 Å². The minimum absolute atomic E-state index is 0.0405. The molecular weight excluding hydrogens is 170 g/mol. The zero-order chi connectivity index (χ0) is 10.7. The third-order valence-electron chi connectivity index (χ3n) is 0.688. The molecule has 1 heterocycles. The summed E-state index contributed by atoms with van der Waals surface area (Å²) in [5.41, 5.74) is 0.0405. The van der Waals surface area contributed by atoms with Gasteiger partial charge in [-0.3, -0.25) is 9.59 Å². The van der Waals surface area contributed by atoms with Gasteiger partial charge in [-0.1, -0.05) is 13.8 Å². The van der Waals surface area contributed by atoms with E-state index >= 15 is 0 Å². The Morgan fingerprint density at radius 1 is 1.31 bits per heavy atom. The van der Waals surface area contributed by atoms with Gasteiger partial charge in [0, 0.05) is 31.5 Å². The molecule has 0 aliphatic heterocycles. The Bertz CT molecular complexity index is 246. The van der Waals surface area contributed by atoms with E-state index in [2.05, 4.69) is 4.98 Å². The molecule has 13 heavy (non-hydrogen) atoms. The lowest BCUT2D eigenvalue weighted by Gasteiger charge is -1.73. The normalized spacial score (nSPS) is 7.00. The second-order valence-electron chi connectivity index (χ2n) is 1.75. The van der Waals surface area contributed by atoms with Crippen LogP contribution in [-0.4, -0.2) is 16.1 Å². The van der Waals surface area contributed by atoms with Crippen molar-refractivity contribution < 1.29 is 9.90 Å². The second-order valence-corrected chi connectivity index (χ2v) is 1.75. The molecule has 0 saturated carbocycles. The van der Waals surface area contributed by atoms with Crippen molar-refractivity contribution in [2.75, 3.05) is 0 Å². The standard InChI is InChI=1S/C5H5NO.C2H4O2.C2H6/c7-5-1-3-6-4-2-5;1-2(3)4;1-2/h1-4H,(H,6,7);1H3,(H,3,4);1-2H3. The number of aromatic amines is 1. The van der Waals surface area contributed by atoms with E-state index in [1.165, 1.54) is 12.1 Å². The van der Waals surface area contributed by atoms with Crippen LogP contribution in [0.4, 0.5) is 0 Å². The number of H-pyrrole nitrogens is 1. The first-order valence-corrected chi connectivity index (χ1v) is 3.95. The van der Waals surface area contributed by atoms with Crippen molar-refractivity contribution in [3.63, 3.8) is 0 Å². The van der Waals surface area contributed by atoms with Crippen LogP contribution in [0.1, 0.15) is 20.8 Å². The molecule has 74 valence electrons. The van der Waals surface area contributed by atoms with Gasteiger partial charge in [0.15, 0.2) is 5.43 Å². The van der Waals surface area contributed by atoms with Crippen LogP contribution in [0, 0.1) is 0 Å². The lowest BCUT2D eigenvalue weighted by Crippen LogP contribution is -1.92. The van der Waals surface area contributed by atoms with Gasteiger partial charge in [-0.25, -0.2) is 0 Å². The predicted molar refractivity (Wildman–Crippen MR) is 51.7 cm³/mol. The Morgan fingerprint density at radius 2 is 1.62 bits per heavy atom. The molecular formula is C9H15NO3. The maximum Gasteiger partial charge on any atom is 0.300 e. The highest BCUT2D eigenvalue weighted by atomic mass is 16.4. The highest BCUT2D eigenvalue weighted by Gasteiger charge is 1.70. The molecule has 0 fully saturated rings. The van der Waals surface area contributed by atoms with E-state index in [4.69, 9.17) is 9.90 Å². The van der Waals surface area contributed by atoms with Gasteiger partial charge in [0.2, 0.25) is 0 Å². The number of hydrogen-bond donors (Lipinski definition) is 2. The summed E-state index contributed by atoms with van der Waals surface area (Å²) >= 11 is 0. The third-order valence-corrected chi connectivity index (χ3v) is 0.688. The summed E-state index contributed by atoms with van der Waals surface area (Å²) in [6.45, 7) is 5.08. The summed E-state index contributed by atoms with van der Waals surface area (Å²) in [5.74, 6) is -0.833. The number of carbonyl (C=O) groups is 1. The van der Waals surface area contributed by atoms with Crippen molar-refractivity contribution in [1.82, 2.24) is 4.98 Å². The second kappa shape index (κ2) is 10.4. The van der Waals surface area contributed by atoms with Gasteiger partial charge in [0.05, 0.1) is 0 Å². The minimum Gasteiger partial charge on any atom is -0.481 e. The lowest BCUT2D eigenvalue weighted by molar-refractivity contribution is -0.134. The summed E-state index contributed by atoms with van der Waals surface area (Å²) < 4.78 is 0. The molecule has 1 rings (SSSR count). The quantitative estimate of drug-likeness (QED) is 0.643. The van der Waals surface area contributed by atoms with Crippen LogP contribution in [0.25, 0.3) is 0 Å². The van der Waals surface area contributed by atoms with Crippen LogP contribution in [0.3, 0.4) is 0 Å². The molecule has 4 heteroatoms. The van der Waals surface area contributed by atoms with E-state index in [0.29, 0.717) is 0 Å². The highest BCUT2D eigenvalue weighted by Crippen LogP contribution is 1.64. The van der Waals surface area contributed by atoms with Gasteiger partial charge in [0.1, 0.15) is 0 Å². The summed E-state index contributed by atoms with van der Waals surface area (Å²) in [7, 11) is 0. The number of rotatable bonds is 0. The first kappa shape index (κ1) is 14.0. The van der Waals surface area contributed by atoms with Crippen molar-refractivity contribution >= 4 is 5.97 Å². The molecule has 0 saturated heterocycles. The molecule has 0 aromatic carbocycles. The number of aliphatic carboxylic acids is 1. The largest absolute Gasteiger partial charge is 0.481 e. The van der Waals surface area contributed by atoms with Gasteiger partial charge < -0.3 is 10.1 Å². The van der Waals surface area contributed by atoms with Crippen molar-refractivity contribution in [1.29, 1.82) is 0 Å². The number of pyridine rings is 1. The van der Waals surface area contributed by atoms with Crippen LogP contribution in [0.5, 0.6) is 0 Å². The van der Waals surface area contributed by atoms with Crippen LogP contribution >= 0.6 is 0 Å². The maximum atomic E-state index is 10.2. The Kier molecular flexibility index (Phi) is 11.2.